The highest BCUT2D eigenvalue weighted by atomic mass is 32.2. The fourth-order valence-electron chi connectivity index (χ4n) is 8.93. The fraction of sp³-hybridized carbons (Fsp3) is 0.0377. The predicted molar refractivity (Wildman–Crippen MR) is 320 cm³/mol. The highest BCUT2D eigenvalue weighted by Crippen LogP contribution is 2.39. The summed E-state index contributed by atoms with van der Waals surface area (Å²) in [6, 6.07) is 15.6. The van der Waals surface area contributed by atoms with Crippen LogP contribution in [0, 0.1) is 13.8 Å². The second-order valence-electron chi connectivity index (χ2n) is 19.4. The first-order chi connectivity index (χ1) is 42.4. The van der Waals surface area contributed by atoms with E-state index in [0.717, 1.165) is 60.7 Å². The minimum absolute atomic E-state index is 0.134. The van der Waals surface area contributed by atoms with Crippen LogP contribution in [0.1, 0.15) is 73.3 Å². The number of carboxylic acids is 2. The number of rotatable bonds is 18. The van der Waals surface area contributed by atoms with E-state index in [1.807, 2.05) is 0 Å². The second kappa shape index (κ2) is 24.6. The summed E-state index contributed by atoms with van der Waals surface area (Å²) < 4.78 is 207. The first kappa shape index (κ1) is 67.8. The summed E-state index contributed by atoms with van der Waals surface area (Å²) in [7, 11) is -32.3. The average Bonchev–Trinajstić information content (AvgIpc) is 0.749. The van der Waals surface area contributed by atoms with Crippen LogP contribution in [0.15, 0.2) is 151 Å². The predicted octanol–water partition coefficient (Wildman–Crippen LogP) is 6.14. The second-order valence-corrected chi connectivity index (χ2v) is 27.8. The Kier molecular flexibility index (Phi) is 18.1. The van der Waals surface area contributed by atoms with Gasteiger partial charge in [-0.15, -0.1) is 0 Å². The van der Waals surface area contributed by atoms with Gasteiger partial charge in [0.05, 0.1) is 32.3 Å². The Labute approximate surface area is 517 Å². The van der Waals surface area contributed by atoms with Gasteiger partial charge in [-0.25, -0.2) is 14.4 Å². The molecule has 0 fully saturated rings. The van der Waals surface area contributed by atoms with Crippen LogP contribution in [0.5, 0.6) is 0 Å². The summed E-state index contributed by atoms with van der Waals surface area (Å²) in [4.78, 5) is 85.9. The van der Waals surface area contributed by atoms with Gasteiger partial charge in [0, 0.05) is 66.5 Å². The van der Waals surface area contributed by atoms with Crippen LogP contribution in [0.3, 0.4) is 0 Å². The Morgan fingerprint density at radius 1 is 0.304 bits per heavy atom. The molecule has 92 heavy (non-hydrogen) atoms. The molecule has 0 heterocycles. The van der Waals surface area contributed by atoms with Gasteiger partial charge in [-0.1, -0.05) is 12.1 Å². The number of fused-ring (bicyclic) bond motifs is 2. The Balaban J connectivity index is 1.02. The Morgan fingerprint density at radius 3 is 0.913 bits per heavy atom. The number of urea groups is 1. The molecule has 0 atom stereocenters. The summed E-state index contributed by atoms with van der Waals surface area (Å²) in [6.07, 6.45) is 0. The molecule has 0 spiro atoms. The van der Waals surface area contributed by atoms with Crippen molar-refractivity contribution >= 4 is 158 Å². The van der Waals surface area contributed by atoms with Crippen molar-refractivity contribution in [2.75, 3.05) is 31.9 Å². The number of benzene rings is 8. The van der Waals surface area contributed by atoms with E-state index in [0.29, 0.717) is 24.3 Å². The van der Waals surface area contributed by atoms with Crippen molar-refractivity contribution in [1.29, 1.82) is 0 Å². The van der Waals surface area contributed by atoms with Crippen LogP contribution >= 0.6 is 0 Å². The van der Waals surface area contributed by atoms with Gasteiger partial charge in [-0.3, -0.25) is 46.5 Å². The fourth-order valence-corrected chi connectivity index (χ4v) is 13.0. The molecule has 0 aromatic heterocycles. The minimum Gasteiger partial charge on any atom is -0.478 e. The van der Waals surface area contributed by atoms with Gasteiger partial charge >= 0.3 is 18.0 Å². The van der Waals surface area contributed by atoms with E-state index in [9.17, 15) is 122 Å². The maximum Gasteiger partial charge on any atom is 0.335 e. The molecule has 0 radical (unpaired) electrons. The van der Waals surface area contributed by atoms with Gasteiger partial charge in [0.15, 0.2) is 0 Å². The molecule has 39 heteroatoms. The van der Waals surface area contributed by atoms with E-state index >= 15 is 0 Å². The maximum atomic E-state index is 13.8. The smallest absolute Gasteiger partial charge is 0.335 e. The van der Waals surface area contributed by atoms with Crippen molar-refractivity contribution in [1.82, 2.24) is 0 Å². The first-order valence-electron chi connectivity index (χ1n) is 24.8. The molecule has 0 aliphatic heterocycles. The van der Waals surface area contributed by atoms with Gasteiger partial charge < -0.3 is 42.1 Å². The van der Waals surface area contributed by atoms with E-state index in [1.54, 1.807) is 0 Å². The Morgan fingerprint density at radius 2 is 0.609 bits per heavy atom. The zero-order valence-electron chi connectivity index (χ0n) is 45.8. The van der Waals surface area contributed by atoms with Crippen LogP contribution in [0.4, 0.5) is 38.9 Å². The van der Waals surface area contributed by atoms with Gasteiger partial charge in [0.1, 0.15) is 19.6 Å². The molecule has 0 unspecified atom stereocenters. The lowest BCUT2D eigenvalue weighted by Gasteiger charge is -2.16. The third-order valence-electron chi connectivity index (χ3n) is 13.1. The number of hydrogen-bond donors (Lipinski definition) is 14. The van der Waals surface area contributed by atoms with Crippen LogP contribution in [-0.4, -0.2) is 130 Å². The first-order valence-corrected chi connectivity index (χ1v) is 33.4. The number of hydrogen-bond acceptors (Lipinski definition) is 19. The summed E-state index contributed by atoms with van der Waals surface area (Å²) >= 11 is 0. The monoisotopic (exact) mass is 1380 g/mol. The lowest BCUT2D eigenvalue weighted by Crippen LogP contribution is -2.22. The number of carbonyl (C=O) groups is 7. The van der Waals surface area contributed by atoms with E-state index in [1.165, 1.54) is 38.1 Å². The van der Waals surface area contributed by atoms with Crippen LogP contribution in [-0.2, 0) is 60.7 Å². The molecule has 33 nitrogen and oxygen atoms in total. The minimum atomic E-state index is -5.52. The molecular weight excluding hydrogens is 1340 g/mol. The molecule has 6 amide bonds. The van der Waals surface area contributed by atoms with Gasteiger partial charge in [-0.2, -0.15) is 50.5 Å². The summed E-state index contributed by atoms with van der Waals surface area (Å²) in [5.74, 6) is -7.65. The number of carboxylic acid groups (broad SMARTS) is 2. The molecule has 0 bridgehead atoms. The highest BCUT2D eigenvalue weighted by molar-refractivity contribution is 7.88. The van der Waals surface area contributed by atoms with Crippen molar-refractivity contribution < 1.29 is 122 Å². The number of carbonyl (C=O) groups excluding carboxylic acids is 5. The van der Waals surface area contributed by atoms with Crippen molar-refractivity contribution in [3.63, 3.8) is 0 Å². The van der Waals surface area contributed by atoms with Crippen molar-refractivity contribution in [2.24, 2.45) is 0 Å². The molecular formula is C53H40N6O27S6. The highest BCUT2D eigenvalue weighted by Gasteiger charge is 2.30. The topological polar surface area (TPSA) is 558 Å². The molecule has 8 aromatic rings. The Hall–Kier alpha value is -10.2. The largest absolute Gasteiger partial charge is 0.478 e. The molecule has 480 valence electrons. The Bertz CT molecular complexity index is 5040. The van der Waals surface area contributed by atoms with Crippen molar-refractivity contribution in [2.45, 2.75) is 43.2 Å². The normalized spacial score (nSPS) is 12.2. The van der Waals surface area contributed by atoms with Gasteiger partial charge in [0.2, 0.25) is 0 Å². The lowest BCUT2D eigenvalue weighted by molar-refractivity contribution is 0.0686. The number of aromatic carboxylic acids is 2. The number of nitrogens with one attached hydrogen (secondary N) is 6. The van der Waals surface area contributed by atoms with Crippen molar-refractivity contribution in [3.05, 3.63) is 166 Å². The van der Waals surface area contributed by atoms with E-state index in [2.05, 4.69) is 31.9 Å². The summed E-state index contributed by atoms with van der Waals surface area (Å²) in [5, 5.41) is 30.4. The SMILES string of the molecule is Cc1ccc(C(=O)Nc2ccc(S(=O)(=O)O)c3cc(S(=O)(=O)O)cc(S(=O)(=O)O)c23)cc1NC(=O)c1cc(NC(=O)Nc2cc(C(=O)O)cc(C(=O)Nc3cc(C(=O)Nc4ccc(S(=O)(=O)O)c5cc(S(=O)(=O)O)cc(S(=O)(=O)O)c45)ccc3C)c2)cc(C(=O)O)c1. The summed E-state index contributed by atoms with van der Waals surface area (Å²) in [6.45, 7) is 2.89. The number of amides is 6. The molecule has 0 aliphatic carbocycles. The molecule has 8 aromatic carbocycles. The number of aryl methyl sites for hydroxylation is 2. The van der Waals surface area contributed by atoms with E-state index in [-0.39, 0.29) is 57.1 Å². The molecule has 0 aliphatic rings. The lowest BCUT2D eigenvalue weighted by atomic mass is 10.1. The third kappa shape index (κ3) is 15.0. The zero-order chi connectivity index (χ0) is 68.3. The van der Waals surface area contributed by atoms with E-state index in [4.69, 9.17) is 0 Å². The van der Waals surface area contributed by atoms with Crippen LogP contribution < -0.4 is 31.9 Å². The van der Waals surface area contributed by atoms with Crippen LogP contribution in [0.25, 0.3) is 21.5 Å². The average molecular weight is 1390 g/mol. The molecule has 14 N–H and O–H groups in total. The summed E-state index contributed by atoms with van der Waals surface area (Å²) in [5.41, 5.74) is -4.44. The standard InChI is InChI=1S/C53H40N6O27S6/c1-23-3-5-25(47(60)56-37-7-9-41(89(75,76)77)35-19-33(87(69,70)71)21-43(45(35)37)91(81,82)83)17-39(23)58-49(62)27-11-29(51(64)65)15-31(13-27)54-53(68)55-32-14-28(12-30(16-32)52(66)67)50(63)59-40-18-26(6-4-24(40)2)48(61)57-38-8-10-42(90(78,79)80)36-20-34(88(72,73)74)22-44(46(36)38)92(84,85)86/h3-22H,1-2H3,(H,56,60)(H,57,61)(H,58,62)(H,59,63)(H,64,65)(H,66,67)(H2,54,55,68)(H,69,70,71)(H,72,73,74)(H,75,76,77)(H,78,79,80)(H,81,82,83)(H,84,85,86). The quantitative estimate of drug-likeness (QED) is 0.0429. The number of anilines is 6. The maximum absolute atomic E-state index is 13.8. The molecule has 0 saturated heterocycles. The molecule has 0 saturated carbocycles. The van der Waals surface area contributed by atoms with Gasteiger partial charge in [-0.05, 0) is 134 Å². The van der Waals surface area contributed by atoms with E-state index < -0.39 is 187 Å². The third-order valence-corrected chi connectivity index (χ3v) is 18.4. The van der Waals surface area contributed by atoms with Crippen molar-refractivity contribution in [3.8, 4) is 0 Å². The molecule has 8 rings (SSSR count). The zero-order valence-corrected chi connectivity index (χ0v) is 50.7. The van der Waals surface area contributed by atoms with Crippen LogP contribution in [0.2, 0.25) is 0 Å². The van der Waals surface area contributed by atoms with Gasteiger partial charge in [0.25, 0.3) is 84.3 Å².